The van der Waals surface area contributed by atoms with Gasteiger partial charge in [0.15, 0.2) is 0 Å². The van der Waals surface area contributed by atoms with Crippen molar-refractivity contribution < 1.29 is 9.47 Å². The molecule has 0 aliphatic rings. The molecule has 0 unspecified atom stereocenters. The van der Waals surface area contributed by atoms with E-state index in [1.54, 1.807) is 6.20 Å². The summed E-state index contributed by atoms with van der Waals surface area (Å²) in [7, 11) is 0. The molecule has 0 aliphatic carbocycles. The molecule has 5 heteroatoms. The number of pyridine rings is 1. The Morgan fingerprint density at radius 2 is 1.95 bits per heavy atom. The Bertz CT molecular complexity index is 602. The minimum atomic E-state index is 0.283. The zero-order valence-electron chi connectivity index (χ0n) is 11.2. The lowest BCUT2D eigenvalue weighted by molar-refractivity contribution is 0.299. The quantitative estimate of drug-likeness (QED) is 0.828. The monoisotopic (exact) mass is 288 g/mol. The van der Waals surface area contributed by atoms with Crippen molar-refractivity contribution in [1.29, 1.82) is 0 Å². The van der Waals surface area contributed by atoms with E-state index in [1.165, 1.54) is 0 Å². The predicted octanol–water partition coefficient (Wildman–Crippen LogP) is 2.69. The summed E-state index contributed by atoms with van der Waals surface area (Å²) < 4.78 is 11.1. The SMILES string of the molecule is CCOc1cccc(OCc2ccnc(C(N)=S)c2)c1. The average molecular weight is 288 g/mol. The maximum atomic E-state index is 5.72. The first-order valence-electron chi connectivity index (χ1n) is 6.29. The summed E-state index contributed by atoms with van der Waals surface area (Å²) in [6, 6.07) is 11.2. The highest BCUT2D eigenvalue weighted by Crippen LogP contribution is 2.20. The van der Waals surface area contributed by atoms with Crippen LogP contribution in [0.4, 0.5) is 0 Å². The number of aromatic nitrogens is 1. The Morgan fingerprint density at radius 1 is 1.20 bits per heavy atom. The minimum Gasteiger partial charge on any atom is -0.494 e. The van der Waals surface area contributed by atoms with Crippen LogP contribution < -0.4 is 15.2 Å². The van der Waals surface area contributed by atoms with E-state index in [2.05, 4.69) is 4.98 Å². The molecular weight excluding hydrogens is 272 g/mol. The third-order valence-electron chi connectivity index (χ3n) is 2.60. The Labute approximate surface area is 123 Å². The maximum absolute atomic E-state index is 5.72. The highest BCUT2D eigenvalue weighted by atomic mass is 32.1. The minimum absolute atomic E-state index is 0.283. The topological polar surface area (TPSA) is 57.4 Å². The lowest BCUT2D eigenvalue weighted by Gasteiger charge is -2.09. The van der Waals surface area contributed by atoms with Crippen LogP contribution >= 0.6 is 12.2 Å². The summed E-state index contributed by atoms with van der Waals surface area (Å²) in [5, 5.41) is 0. The summed E-state index contributed by atoms with van der Waals surface area (Å²) in [6.45, 7) is 3.00. The first-order valence-corrected chi connectivity index (χ1v) is 6.70. The van der Waals surface area contributed by atoms with Gasteiger partial charge in [-0.05, 0) is 36.8 Å². The van der Waals surface area contributed by atoms with E-state index in [4.69, 9.17) is 27.4 Å². The van der Waals surface area contributed by atoms with Crippen LogP contribution in [0.5, 0.6) is 11.5 Å². The zero-order chi connectivity index (χ0) is 14.4. The highest BCUT2D eigenvalue weighted by Gasteiger charge is 2.02. The molecule has 0 amide bonds. The van der Waals surface area contributed by atoms with Gasteiger partial charge < -0.3 is 15.2 Å². The normalized spacial score (nSPS) is 10.1. The first-order chi connectivity index (χ1) is 9.69. The van der Waals surface area contributed by atoms with Gasteiger partial charge in [-0.15, -0.1) is 0 Å². The van der Waals surface area contributed by atoms with Gasteiger partial charge in [-0.1, -0.05) is 18.3 Å². The van der Waals surface area contributed by atoms with Gasteiger partial charge in [0.05, 0.1) is 12.3 Å². The second kappa shape index (κ2) is 6.86. The summed E-state index contributed by atoms with van der Waals surface area (Å²) in [4.78, 5) is 4.37. The third-order valence-corrected chi connectivity index (χ3v) is 2.81. The first kappa shape index (κ1) is 14.3. The number of hydrogen-bond donors (Lipinski definition) is 1. The molecule has 0 saturated heterocycles. The van der Waals surface area contributed by atoms with Crippen molar-refractivity contribution in [1.82, 2.24) is 4.98 Å². The van der Waals surface area contributed by atoms with Gasteiger partial charge in [0, 0.05) is 12.3 Å². The summed E-state index contributed by atoms with van der Waals surface area (Å²) in [5.74, 6) is 1.55. The molecule has 0 radical (unpaired) electrons. The van der Waals surface area contributed by atoms with Crippen LogP contribution in [0.3, 0.4) is 0 Å². The smallest absolute Gasteiger partial charge is 0.123 e. The molecule has 104 valence electrons. The van der Waals surface area contributed by atoms with Gasteiger partial charge in [-0.25, -0.2) is 0 Å². The zero-order valence-corrected chi connectivity index (χ0v) is 12.0. The molecule has 2 aromatic rings. The molecule has 0 aliphatic heterocycles. The molecular formula is C15H16N2O2S. The number of ether oxygens (including phenoxy) is 2. The summed E-state index contributed by atoms with van der Waals surface area (Å²) in [5.41, 5.74) is 7.12. The fraction of sp³-hybridized carbons (Fsp3) is 0.200. The van der Waals surface area contributed by atoms with Crippen LogP contribution in [0.1, 0.15) is 18.2 Å². The summed E-state index contributed by atoms with van der Waals surface area (Å²) >= 11 is 4.90. The lowest BCUT2D eigenvalue weighted by Crippen LogP contribution is -2.12. The van der Waals surface area contributed by atoms with E-state index < -0.39 is 0 Å². The van der Waals surface area contributed by atoms with Crippen molar-refractivity contribution in [3.05, 3.63) is 53.9 Å². The van der Waals surface area contributed by atoms with Gasteiger partial charge in [0.25, 0.3) is 0 Å². The van der Waals surface area contributed by atoms with E-state index in [0.717, 1.165) is 17.1 Å². The highest BCUT2D eigenvalue weighted by molar-refractivity contribution is 7.80. The fourth-order valence-corrected chi connectivity index (χ4v) is 1.80. The largest absolute Gasteiger partial charge is 0.494 e. The lowest BCUT2D eigenvalue weighted by atomic mass is 10.2. The number of benzene rings is 1. The van der Waals surface area contributed by atoms with E-state index in [9.17, 15) is 0 Å². The maximum Gasteiger partial charge on any atom is 0.123 e. The van der Waals surface area contributed by atoms with Crippen LogP contribution in [0, 0.1) is 0 Å². The molecule has 20 heavy (non-hydrogen) atoms. The number of nitrogens with zero attached hydrogens (tertiary/aromatic N) is 1. The van der Waals surface area contributed by atoms with Crippen LogP contribution in [-0.4, -0.2) is 16.6 Å². The molecule has 4 nitrogen and oxygen atoms in total. The van der Waals surface area contributed by atoms with Gasteiger partial charge in [0.2, 0.25) is 0 Å². The fourth-order valence-electron chi connectivity index (χ4n) is 1.69. The van der Waals surface area contributed by atoms with Gasteiger partial charge in [-0.3, -0.25) is 4.98 Å². The number of nitrogens with two attached hydrogens (primary N) is 1. The molecule has 1 aromatic carbocycles. The van der Waals surface area contributed by atoms with Crippen LogP contribution in [-0.2, 0) is 6.61 Å². The van der Waals surface area contributed by atoms with Crippen molar-refractivity contribution in [2.24, 2.45) is 5.73 Å². The van der Waals surface area contributed by atoms with Crippen LogP contribution in [0.2, 0.25) is 0 Å². The molecule has 1 aromatic heterocycles. The Kier molecular flexibility index (Phi) is 4.90. The molecule has 0 bridgehead atoms. The van der Waals surface area contributed by atoms with Crippen LogP contribution in [0.15, 0.2) is 42.6 Å². The molecule has 1 heterocycles. The summed E-state index contributed by atoms with van der Waals surface area (Å²) in [6.07, 6.45) is 1.67. The number of thiocarbonyl (C=S) groups is 1. The average Bonchev–Trinajstić information content (AvgIpc) is 2.46. The van der Waals surface area contributed by atoms with E-state index >= 15 is 0 Å². The third kappa shape index (κ3) is 3.93. The molecule has 0 fully saturated rings. The second-order valence-corrected chi connectivity index (χ2v) is 4.55. The van der Waals surface area contributed by atoms with E-state index in [0.29, 0.717) is 18.9 Å². The van der Waals surface area contributed by atoms with Gasteiger partial charge in [0.1, 0.15) is 23.1 Å². The van der Waals surface area contributed by atoms with E-state index in [1.807, 2.05) is 43.3 Å². The number of rotatable bonds is 6. The van der Waals surface area contributed by atoms with Crippen molar-refractivity contribution in [2.45, 2.75) is 13.5 Å². The van der Waals surface area contributed by atoms with E-state index in [-0.39, 0.29) is 4.99 Å². The molecule has 0 atom stereocenters. The van der Waals surface area contributed by atoms with Crippen molar-refractivity contribution in [3.8, 4) is 11.5 Å². The predicted molar refractivity (Wildman–Crippen MR) is 82.1 cm³/mol. The Morgan fingerprint density at radius 3 is 2.65 bits per heavy atom. The van der Waals surface area contributed by atoms with Crippen molar-refractivity contribution >= 4 is 17.2 Å². The standard InChI is InChI=1S/C15H16N2O2S/c1-2-18-12-4-3-5-13(9-12)19-10-11-6-7-17-14(8-11)15(16)20/h3-9H,2,10H2,1H3,(H2,16,20). The van der Waals surface area contributed by atoms with Crippen molar-refractivity contribution in [3.63, 3.8) is 0 Å². The number of hydrogen-bond acceptors (Lipinski definition) is 4. The second-order valence-electron chi connectivity index (χ2n) is 4.11. The molecule has 0 saturated carbocycles. The molecule has 0 spiro atoms. The van der Waals surface area contributed by atoms with Gasteiger partial charge >= 0.3 is 0 Å². The van der Waals surface area contributed by atoms with Crippen molar-refractivity contribution in [2.75, 3.05) is 6.61 Å². The Balaban J connectivity index is 2.03. The van der Waals surface area contributed by atoms with Crippen LogP contribution in [0.25, 0.3) is 0 Å². The molecule has 2 N–H and O–H groups in total. The Hall–Kier alpha value is -2.14. The van der Waals surface area contributed by atoms with Gasteiger partial charge in [-0.2, -0.15) is 0 Å². The molecule has 2 rings (SSSR count).